The van der Waals surface area contributed by atoms with Gasteiger partial charge in [-0.1, -0.05) is 55.6 Å². The predicted octanol–water partition coefficient (Wildman–Crippen LogP) is 5.67. The van der Waals surface area contributed by atoms with Crippen LogP contribution in [0.2, 0.25) is 33.2 Å². The molecule has 0 aliphatic carbocycles. The summed E-state index contributed by atoms with van der Waals surface area (Å²) < 4.78 is 6.42. The Morgan fingerprint density at radius 1 is 1.05 bits per heavy atom. The number of halogens is 3. The van der Waals surface area contributed by atoms with E-state index in [9.17, 15) is 0 Å². The molecule has 1 rings (SSSR count). The van der Waals surface area contributed by atoms with Gasteiger partial charge < -0.3 is 10.2 Å². The van der Waals surface area contributed by atoms with E-state index >= 15 is 0 Å². The number of benzene rings is 1. The molecule has 6 heteroatoms. The Morgan fingerprint density at radius 3 is 1.85 bits per heavy atom. The highest BCUT2D eigenvalue weighted by atomic mass is 35.5. The maximum atomic E-state index is 6.42. The molecule has 2 nitrogen and oxygen atoms in total. The molecule has 0 aliphatic heterocycles. The van der Waals surface area contributed by atoms with Gasteiger partial charge >= 0.3 is 0 Å². The van der Waals surface area contributed by atoms with Gasteiger partial charge in [-0.25, -0.2) is 0 Å². The molecular weight excluding hydrogens is 333 g/mol. The SMILES string of the molecule is CC[Si](CC)(CC)OC(CN)c1c(Cl)cc(Cl)cc1Cl. The van der Waals surface area contributed by atoms with E-state index in [0.717, 1.165) is 23.7 Å². The molecule has 0 aliphatic rings. The third-order valence-electron chi connectivity index (χ3n) is 3.91. The molecule has 2 N–H and O–H groups in total. The minimum absolute atomic E-state index is 0.265. The van der Waals surface area contributed by atoms with Gasteiger partial charge in [-0.05, 0) is 30.3 Å². The Balaban J connectivity index is 3.14. The molecule has 0 saturated carbocycles. The summed E-state index contributed by atoms with van der Waals surface area (Å²) >= 11 is 18.5. The molecule has 0 fully saturated rings. The van der Waals surface area contributed by atoms with Crippen LogP contribution < -0.4 is 5.73 Å². The summed E-state index contributed by atoms with van der Waals surface area (Å²) in [5.41, 5.74) is 6.66. The zero-order valence-corrected chi connectivity index (χ0v) is 15.4. The Labute approximate surface area is 137 Å². The Kier molecular flexibility index (Phi) is 7.33. The van der Waals surface area contributed by atoms with Crippen molar-refractivity contribution in [2.45, 2.75) is 45.0 Å². The van der Waals surface area contributed by atoms with E-state index in [1.54, 1.807) is 12.1 Å². The van der Waals surface area contributed by atoms with Crippen LogP contribution in [0.1, 0.15) is 32.4 Å². The van der Waals surface area contributed by atoms with Crippen molar-refractivity contribution in [1.82, 2.24) is 0 Å². The minimum atomic E-state index is -1.77. The van der Waals surface area contributed by atoms with Gasteiger partial charge in [0.1, 0.15) is 0 Å². The Bertz CT molecular complexity index is 421. The second-order valence-corrected chi connectivity index (χ2v) is 10.8. The van der Waals surface area contributed by atoms with Crippen molar-refractivity contribution in [3.8, 4) is 0 Å². The molecule has 0 aromatic heterocycles. The van der Waals surface area contributed by atoms with Gasteiger partial charge in [-0.15, -0.1) is 0 Å². The lowest BCUT2D eigenvalue weighted by Gasteiger charge is -2.33. The van der Waals surface area contributed by atoms with Gasteiger partial charge in [-0.3, -0.25) is 0 Å². The zero-order valence-electron chi connectivity index (χ0n) is 12.2. The number of hydrogen-bond acceptors (Lipinski definition) is 2. The van der Waals surface area contributed by atoms with Crippen molar-refractivity contribution in [3.05, 3.63) is 32.8 Å². The summed E-state index contributed by atoms with van der Waals surface area (Å²) in [5.74, 6) is 0. The van der Waals surface area contributed by atoms with E-state index in [4.69, 9.17) is 45.0 Å². The normalized spacial score (nSPS) is 13.6. The third kappa shape index (κ3) is 4.12. The largest absolute Gasteiger partial charge is 0.409 e. The van der Waals surface area contributed by atoms with Gasteiger partial charge in [0.05, 0.1) is 6.10 Å². The fourth-order valence-corrected chi connectivity index (χ4v) is 6.27. The highest BCUT2D eigenvalue weighted by molar-refractivity contribution is 6.73. The lowest BCUT2D eigenvalue weighted by Crippen LogP contribution is -2.39. The van der Waals surface area contributed by atoms with Crippen molar-refractivity contribution in [1.29, 1.82) is 0 Å². The average Bonchev–Trinajstić information content (AvgIpc) is 2.42. The first-order valence-corrected chi connectivity index (χ1v) is 10.6. The highest BCUT2D eigenvalue weighted by Crippen LogP contribution is 2.38. The quantitative estimate of drug-likeness (QED) is 0.640. The van der Waals surface area contributed by atoms with Crippen molar-refractivity contribution < 1.29 is 4.43 Å². The summed E-state index contributed by atoms with van der Waals surface area (Å²) in [4.78, 5) is 0. The van der Waals surface area contributed by atoms with Crippen molar-refractivity contribution in [3.63, 3.8) is 0 Å². The van der Waals surface area contributed by atoms with Crippen molar-refractivity contribution in [2.24, 2.45) is 5.73 Å². The van der Waals surface area contributed by atoms with Crippen molar-refractivity contribution in [2.75, 3.05) is 6.54 Å². The van der Waals surface area contributed by atoms with Gasteiger partial charge in [0, 0.05) is 27.2 Å². The van der Waals surface area contributed by atoms with Crippen LogP contribution in [0.5, 0.6) is 0 Å². The molecule has 0 amide bonds. The summed E-state index contributed by atoms with van der Waals surface area (Å²) in [6.45, 7) is 6.89. The first-order valence-electron chi connectivity index (χ1n) is 6.95. The molecule has 20 heavy (non-hydrogen) atoms. The topological polar surface area (TPSA) is 35.2 Å². The second kappa shape index (κ2) is 8.02. The van der Waals surface area contributed by atoms with Gasteiger partial charge in [0.15, 0.2) is 8.32 Å². The lowest BCUT2D eigenvalue weighted by molar-refractivity contribution is 0.198. The van der Waals surface area contributed by atoms with Crippen LogP contribution in [0.3, 0.4) is 0 Å². The smallest absolute Gasteiger partial charge is 0.192 e. The molecular formula is C14H22Cl3NOSi. The van der Waals surface area contributed by atoms with Crippen LogP contribution in [-0.2, 0) is 4.43 Å². The average molecular weight is 355 g/mol. The van der Waals surface area contributed by atoms with Crippen LogP contribution in [0, 0.1) is 0 Å². The fraction of sp³-hybridized carbons (Fsp3) is 0.571. The van der Waals surface area contributed by atoms with E-state index in [-0.39, 0.29) is 6.10 Å². The third-order valence-corrected chi connectivity index (χ3v) is 9.40. The number of nitrogens with two attached hydrogens (primary N) is 1. The van der Waals surface area contributed by atoms with Crippen LogP contribution in [-0.4, -0.2) is 14.9 Å². The second-order valence-electron chi connectivity index (χ2n) is 4.87. The van der Waals surface area contributed by atoms with Crippen LogP contribution in [0.25, 0.3) is 0 Å². The molecule has 1 aromatic rings. The monoisotopic (exact) mass is 353 g/mol. The number of hydrogen-bond donors (Lipinski definition) is 1. The summed E-state index contributed by atoms with van der Waals surface area (Å²) in [6.07, 6.45) is -0.265. The first kappa shape index (κ1) is 18.3. The summed E-state index contributed by atoms with van der Waals surface area (Å²) in [6, 6.07) is 6.53. The van der Waals surface area contributed by atoms with Gasteiger partial charge in [0.2, 0.25) is 0 Å². The van der Waals surface area contributed by atoms with E-state index < -0.39 is 8.32 Å². The fourth-order valence-electron chi connectivity index (χ4n) is 2.39. The molecule has 0 heterocycles. The minimum Gasteiger partial charge on any atom is -0.409 e. The van der Waals surface area contributed by atoms with Gasteiger partial charge in [0.25, 0.3) is 0 Å². The van der Waals surface area contributed by atoms with Crippen LogP contribution in [0.4, 0.5) is 0 Å². The molecule has 0 bridgehead atoms. The molecule has 0 saturated heterocycles. The van der Waals surface area contributed by atoms with Crippen LogP contribution in [0.15, 0.2) is 12.1 Å². The zero-order chi connectivity index (χ0) is 15.3. The predicted molar refractivity (Wildman–Crippen MR) is 91.5 cm³/mol. The summed E-state index contributed by atoms with van der Waals surface area (Å²) in [5, 5.41) is 1.55. The molecule has 1 unspecified atom stereocenters. The Hall–Kier alpha value is 0.227. The molecule has 1 aromatic carbocycles. The van der Waals surface area contributed by atoms with Crippen LogP contribution >= 0.6 is 34.8 Å². The standard InChI is InChI=1S/C14H22Cl3NOSi/c1-4-20(5-2,6-3)19-13(9-18)14-11(16)7-10(15)8-12(14)17/h7-8,13H,4-6,9,18H2,1-3H3. The lowest BCUT2D eigenvalue weighted by atomic mass is 10.1. The molecule has 0 radical (unpaired) electrons. The van der Waals surface area contributed by atoms with Crippen molar-refractivity contribution >= 4 is 43.1 Å². The Morgan fingerprint density at radius 2 is 1.50 bits per heavy atom. The van der Waals surface area contributed by atoms with E-state index in [2.05, 4.69) is 20.8 Å². The first-order chi connectivity index (χ1) is 9.42. The van der Waals surface area contributed by atoms with Gasteiger partial charge in [-0.2, -0.15) is 0 Å². The molecule has 0 spiro atoms. The van der Waals surface area contributed by atoms with E-state index in [1.165, 1.54) is 0 Å². The molecule has 114 valence electrons. The van der Waals surface area contributed by atoms with E-state index in [1.807, 2.05) is 0 Å². The van der Waals surface area contributed by atoms with E-state index in [0.29, 0.717) is 21.6 Å². The molecule has 1 atom stereocenters. The maximum absolute atomic E-state index is 6.42. The highest BCUT2D eigenvalue weighted by Gasteiger charge is 2.33. The number of rotatable bonds is 7. The summed E-state index contributed by atoms with van der Waals surface area (Å²) in [7, 11) is -1.77. The maximum Gasteiger partial charge on any atom is 0.192 e.